The molecule has 0 aliphatic heterocycles. The summed E-state index contributed by atoms with van der Waals surface area (Å²) in [5.41, 5.74) is 8.01. The van der Waals surface area contributed by atoms with Gasteiger partial charge in [0.25, 0.3) is 0 Å². The first-order chi connectivity index (χ1) is 42.6. The molecule has 0 aromatic heterocycles. The number of guanidine groups is 1. The summed E-state index contributed by atoms with van der Waals surface area (Å²) in [5, 5.41) is 19.6. The molecule has 19 heteroatoms. The first kappa shape index (κ1) is 73.4. The Bertz CT molecular complexity index is 2980. The fourth-order valence-corrected chi connectivity index (χ4v) is 10.5. The number of hydrogen-bond donors (Lipinski definition) is 7. The van der Waals surface area contributed by atoms with E-state index in [4.69, 9.17) is 15.2 Å². The summed E-state index contributed by atoms with van der Waals surface area (Å²) >= 11 is 0. The summed E-state index contributed by atoms with van der Waals surface area (Å²) < 4.78 is 11.2. The van der Waals surface area contributed by atoms with Gasteiger partial charge in [-0.1, -0.05) is 124 Å². The predicted molar refractivity (Wildman–Crippen MR) is 349 cm³/mol. The van der Waals surface area contributed by atoms with Crippen LogP contribution in [0.1, 0.15) is 142 Å². The number of unbranched alkanes of at least 4 members (excludes halogenated alkanes) is 1. The van der Waals surface area contributed by atoms with E-state index in [1.807, 2.05) is 139 Å². The van der Waals surface area contributed by atoms with Crippen molar-refractivity contribution in [2.75, 3.05) is 40.3 Å². The van der Waals surface area contributed by atoms with Crippen LogP contribution in [0, 0.1) is 23.7 Å². The molecule has 0 saturated heterocycles. The topological polar surface area (TPSA) is 283 Å². The number of amides is 4. The molecule has 89 heavy (non-hydrogen) atoms. The monoisotopic (exact) mass is 1230 g/mol. The van der Waals surface area contributed by atoms with Crippen molar-refractivity contribution in [1.82, 2.24) is 31.9 Å². The van der Waals surface area contributed by atoms with Gasteiger partial charge in [-0.2, -0.15) is 0 Å². The van der Waals surface area contributed by atoms with Crippen LogP contribution < -0.4 is 42.4 Å². The molecule has 19 nitrogen and oxygen atoms in total. The van der Waals surface area contributed by atoms with E-state index >= 15 is 4.79 Å². The molecule has 7 atom stereocenters. The number of nitrogens with one attached hydrogen (secondary N) is 6. The van der Waals surface area contributed by atoms with Gasteiger partial charge in [-0.05, 0) is 145 Å². The largest absolute Gasteiger partial charge is 0.488 e. The van der Waals surface area contributed by atoms with Gasteiger partial charge in [0.1, 0.15) is 18.0 Å². The quantitative estimate of drug-likeness (QED) is 0.00729. The Morgan fingerprint density at radius 2 is 1.20 bits per heavy atom. The van der Waals surface area contributed by atoms with Crippen molar-refractivity contribution in [1.29, 1.82) is 0 Å². The molecule has 0 aliphatic carbocycles. The standard InChI is InChI=1S/C70H98N8O11/c1-10-21-59(47(4)79)76-68(87)55(32-35-64(83)88-38-11-2)43-57(80)46-75-65(84)56(41-50-28-31-52-24-16-17-25-53(52)40-50)45-62(81)60(27-20-37-74-69(71)73-9)77-67(86)54(26-18-19-36-72-8)44-63(82)61(42-49-29-33-58(34-30-49)89-70(5,6)7)78-66(85)51(12-3)39-48-22-14-13-15-23-48/h11,13-17,22-25,28-31,33-34,40,51,54-56,59-61,72H,2,10,12,18-21,26-27,32,35-39,41-46H2,1,3-9H3,(H,75,84)(H,76,87)(H,77,86)(H,78,85)(H3,71,73,74)/t51-,54+,55-,56+,59-,60+,61-/m0/s1. The van der Waals surface area contributed by atoms with Gasteiger partial charge in [-0.25, -0.2) is 0 Å². The number of aliphatic imine (C=N–C) groups is 1. The fraction of sp³-hybridized carbons (Fsp3) is 0.514. The molecule has 0 heterocycles. The highest BCUT2D eigenvalue weighted by Crippen LogP contribution is 2.25. The van der Waals surface area contributed by atoms with Crippen molar-refractivity contribution in [3.05, 3.63) is 126 Å². The zero-order valence-electron chi connectivity index (χ0n) is 53.7. The van der Waals surface area contributed by atoms with Crippen molar-refractivity contribution >= 4 is 69.5 Å². The second kappa shape index (κ2) is 39.1. The molecule has 4 aromatic carbocycles. The lowest BCUT2D eigenvalue weighted by Gasteiger charge is -2.26. The molecule has 484 valence electrons. The summed E-state index contributed by atoms with van der Waals surface area (Å²) in [4.78, 5) is 130. The van der Waals surface area contributed by atoms with Crippen LogP contribution in [-0.2, 0) is 67.2 Å². The lowest BCUT2D eigenvalue weighted by Crippen LogP contribution is -2.48. The lowest BCUT2D eigenvalue weighted by molar-refractivity contribution is -0.143. The van der Waals surface area contributed by atoms with Crippen LogP contribution in [0.25, 0.3) is 10.8 Å². The van der Waals surface area contributed by atoms with Crippen molar-refractivity contribution in [3.63, 3.8) is 0 Å². The molecular formula is C70H98N8O11. The third-order valence-corrected chi connectivity index (χ3v) is 15.5. The number of ketones is 4. The normalized spacial score (nSPS) is 13.9. The molecule has 0 saturated carbocycles. The number of nitrogens with two attached hydrogens (primary N) is 1. The number of hydrogen-bond acceptors (Lipinski definition) is 13. The van der Waals surface area contributed by atoms with Crippen molar-refractivity contribution in [2.24, 2.45) is 34.4 Å². The first-order valence-electron chi connectivity index (χ1n) is 31.5. The summed E-state index contributed by atoms with van der Waals surface area (Å²) in [7, 11) is 3.36. The van der Waals surface area contributed by atoms with E-state index in [-0.39, 0.29) is 94.4 Å². The zero-order chi connectivity index (χ0) is 65.3. The Labute approximate surface area is 526 Å². The molecular weight excluding hydrogens is 1130 g/mol. The maximum Gasteiger partial charge on any atom is 0.306 e. The van der Waals surface area contributed by atoms with Gasteiger partial charge >= 0.3 is 5.97 Å². The summed E-state index contributed by atoms with van der Waals surface area (Å²) in [6.45, 7) is 15.0. The van der Waals surface area contributed by atoms with Crippen LogP contribution in [0.2, 0.25) is 0 Å². The van der Waals surface area contributed by atoms with Gasteiger partial charge in [-0.3, -0.25) is 48.1 Å². The van der Waals surface area contributed by atoms with Gasteiger partial charge in [0.2, 0.25) is 23.6 Å². The number of carbonyl (C=O) groups excluding carboxylic acids is 9. The first-order valence-corrected chi connectivity index (χ1v) is 31.5. The zero-order valence-corrected chi connectivity index (χ0v) is 53.7. The van der Waals surface area contributed by atoms with Gasteiger partial charge in [0, 0.05) is 62.9 Å². The SMILES string of the molecule is C=CCOC(=O)CC[C@@H](CC(=O)CNC(=O)[C@@H](CC(=O)[C@@H](CCCNC(N)=NC)NC(=O)[C@H](CCCCNC)CC(=O)[C@H](Cc1ccc(OC(C)(C)C)cc1)NC(=O)[C@@H](CC)Cc1ccccc1)Cc1ccc2ccccc2c1)C(=O)N[C@@H](CCC)C(C)=O. The maximum atomic E-state index is 15.0. The van der Waals surface area contributed by atoms with Crippen molar-refractivity contribution < 1.29 is 52.6 Å². The predicted octanol–water partition coefficient (Wildman–Crippen LogP) is 7.97. The van der Waals surface area contributed by atoms with Crippen molar-refractivity contribution in [2.45, 2.75) is 168 Å². The fourth-order valence-electron chi connectivity index (χ4n) is 10.5. The molecule has 0 aliphatic rings. The Hall–Kier alpha value is -8.06. The molecule has 0 bridgehead atoms. The number of rotatable bonds is 42. The van der Waals surface area contributed by atoms with E-state index in [0.717, 1.165) is 27.5 Å². The minimum Gasteiger partial charge on any atom is -0.488 e. The number of ether oxygens (including phenoxy) is 2. The number of carbonyl (C=O) groups is 9. The minimum absolute atomic E-state index is 0.0386. The van der Waals surface area contributed by atoms with E-state index in [2.05, 4.69) is 43.5 Å². The molecule has 4 aromatic rings. The molecule has 0 spiro atoms. The Kier molecular flexibility index (Phi) is 32.2. The molecule has 4 amide bonds. The lowest BCUT2D eigenvalue weighted by atomic mass is 9.88. The number of esters is 1. The average molecular weight is 1230 g/mol. The van der Waals surface area contributed by atoms with Gasteiger partial charge in [0.05, 0.1) is 24.7 Å². The molecule has 0 unspecified atom stereocenters. The van der Waals surface area contributed by atoms with E-state index in [0.29, 0.717) is 57.2 Å². The number of fused-ring (bicyclic) bond motifs is 1. The number of Topliss-reactive ketones (excluding diaryl/α,β-unsaturated/α-hetero) is 4. The smallest absolute Gasteiger partial charge is 0.306 e. The third kappa shape index (κ3) is 27.5. The second-order valence-electron chi connectivity index (χ2n) is 24.0. The van der Waals surface area contributed by atoms with Gasteiger partial charge in [0.15, 0.2) is 29.1 Å². The summed E-state index contributed by atoms with van der Waals surface area (Å²) in [6, 6.07) is 27.5. The Balaban J connectivity index is 1.68. The highest BCUT2D eigenvalue weighted by molar-refractivity contribution is 5.97. The van der Waals surface area contributed by atoms with E-state index in [1.54, 1.807) is 0 Å². The molecule has 8 N–H and O–H groups in total. The van der Waals surface area contributed by atoms with Crippen LogP contribution in [-0.4, -0.2) is 123 Å². The Morgan fingerprint density at radius 1 is 0.607 bits per heavy atom. The Morgan fingerprint density at radius 3 is 1.84 bits per heavy atom. The van der Waals surface area contributed by atoms with Crippen LogP contribution in [0.5, 0.6) is 5.75 Å². The van der Waals surface area contributed by atoms with Crippen molar-refractivity contribution in [3.8, 4) is 5.75 Å². The molecule has 4 rings (SSSR count). The van der Waals surface area contributed by atoms with Gasteiger partial charge in [-0.15, -0.1) is 0 Å². The van der Waals surface area contributed by atoms with E-state index < -0.39 is 89.2 Å². The van der Waals surface area contributed by atoms with E-state index in [9.17, 15) is 38.4 Å². The highest BCUT2D eigenvalue weighted by Gasteiger charge is 2.34. The number of nitrogens with zero attached hydrogens (tertiary/aromatic N) is 1. The van der Waals surface area contributed by atoms with Crippen LogP contribution in [0.4, 0.5) is 0 Å². The number of benzene rings is 4. The average Bonchev–Trinajstić information content (AvgIpc) is 3.62. The highest BCUT2D eigenvalue weighted by atomic mass is 16.5. The van der Waals surface area contributed by atoms with Gasteiger partial charge < -0.3 is 47.1 Å². The maximum absolute atomic E-state index is 15.0. The third-order valence-electron chi connectivity index (χ3n) is 15.5. The van der Waals surface area contributed by atoms with Crippen LogP contribution in [0.3, 0.4) is 0 Å². The minimum atomic E-state index is -1.15. The van der Waals surface area contributed by atoms with E-state index in [1.165, 1.54) is 20.0 Å². The second-order valence-corrected chi connectivity index (χ2v) is 24.0. The summed E-state index contributed by atoms with van der Waals surface area (Å²) in [6.07, 6.45) is 4.29. The van der Waals surface area contributed by atoms with Crippen LogP contribution >= 0.6 is 0 Å². The summed E-state index contributed by atoms with van der Waals surface area (Å²) in [5.74, 6) is -6.90. The van der Waals surface area contributed by atoms with Crippen LogP contribution in [0.15, 0.2) is 115 Å². The molecule has 0 radical (unpaired) electrons. The molecule has 0 fully saturated rings.